The first-order chi connectivity index (χ1) is 7.46. The van der Waals surface area contributed by atoms with Gasteiger partial charge in [0.05, 0.1) is 6.61 Å². The van der Waals surface area contributed by atoms with Crippen molar-refractivity contribution in [3.63, 3.8) is 0 Å². The summed E-state index contributed by atoms with van der Waals surface area (Å²) in [5, 5.41) is 8.95. The molecule has 4 heteroatoms. The normalized spacial score (nSPS) is 16.6. The van der Waals surface area contributed by atoms with E-state index in [1.165, 1.54) is 18.2 Å². The molecule has 1 aromatic rings. The smallest absolute Gasteiger partial charge is 0.179 e. The summed E-state index contributed by atoms with van der Waals surface area (Å²) in [6.45, 7) is 4.02. The van der Waals surface area contributed by atoms with Crippen LogP contribution in [0.2, 0.25) is 0 Å². The molecular formula is C12H15F2NO. The van der Waals surface area contributed by atoms with E-state index in [1.54, 1.807) is 6.92 Å². The SMILES string of the molecule is C=C[C@](F)(CO)c1cccc([C@@H](C)N)c1F. The molecule has 0 fully saturated rings. The van der Waals surface area contributed by atoms with E-state index in [9.17, 15) is 8.78 Å². The Labute approximate surface area is 93.4 Å². The van der Waals surface area contributed by atoms with E-state index in [2.05, 4.69) is 6.58 Å². The Bertz CT molecular complexity index is 393. The molecule has 0 aromatic heterocycles. The van der Waals surface area contributed by atoms with Gasteiger partial charge in [-0.3, -0.25) is 0 Å². The standard InChI is InChI=1S/C12H15F2NO/c1-3-12(14,7-16)10-6-4-5-9(8(2)15)11(10)13/h3-6,8,16H,1,7,15H2,2H3/t8-,12+/m1/s1. The van der Waals surface area contributed by atoms with Crippen LogP contribution in [-0.2, 0) is 5.67 Å². The van der Waals surface area contributed by atoms with Crippen LogP contribution in [-0.4, -0.2) is 11.7 Å². The van der Waals surface area contributed by atoms with Crippen LogP contribution >= 0.6 is 0 Å². The van der Waals surface area contributed by atoms with Gasteiger partial charge in [-0.1, -0.05) is 24.8 Å². The van der Waals surface area contributed by atoms with E-state index in [1.807, 2.05) is 0 Å². The number of benzene rings is 1. The van der Waals surface area contributed by atoms with E-state index in [4.69, 9.17) is 10.8 Å². The van der Waals surface area contributed by atoms with Gasteiger partial charge < -0.3 is 10.8 Å². The number of nitrogens with two attached hydrogens (primary N) is 1. The lowest BCUT2D eigenvalue weighted by Gasteiger charge is -2.21. The van der Waals surface area contributed by atoms with Crippen LogP contribution in [0.25, 0.3) is 0 Å². The highest BCUT2D eigenvalue weighted by atomic mass is 19.1. The highest BCUT2D eigenvalue weighted by Gasteiger charge is 2.31. The summed E-state index contributed by atoms with van der Waals surface area (Å²) in [6, 6.07) is 3.74. The number of hydrogen-bond acceptors (Lipinski definition) is 2. The molecule has 0 aliphatic carbocycles. The first-order valence-electron chi connectivity index (χ1n) is 4.94. The van der Waals surface area contributed by atoms with Gasteiger partial charge in [0.1, 0.15) is 5.82 Å². The average molecular weight is 227 g/mol. The minimum Gasteiger partial charge on any atom is -0.392 e. The van der Waals surface area contributed by atoms with Gasteiger partial charge in [-0.15, -0.1) is 0 Å². The largest absolute Gasteiger partial charge is 0.392 e. The van der Waals surface area contributed by atoms with Gasteiger partial charge in [0.25, 0.3) is 0 Å². The van der Waals surface area contributed by atoms with Crippen LogP contribution in [0.5, 0.6) is 0 Å². The van der Waals surface area contributed by atoms with Gasteiger partial charge >= 0.3 is 0 Å². The summed E-state index contributed by atoms with van der Waals surface area (Å²) in [5.41, 5.74) is 3.27. The van der Waals surface area contributed by atoms with Crippen LogP contribution in [0.15, 0.2) is 30.9 Å². The molecule has 16 heavy (non-hydrogen) atoms. The van der Waals surface area contributed by atoms with Crippen LogP contribution < -0.4 is 5.73 Å². The summed E-state index contributed by atoms with van der Waals surface area (Å²) < 4.78 is 28.0. The highest BCUT2D eigenvalue weighted by Crippen LogP contribution is 2.31. The number of aliphatic hydroxyl groups excluding tert-OH is 1. The monoisotopic (exact) mass is 227 g/mol. The third kappa shape index (κ3) is 2.13. The second-order valence-electron chi connectivity index (χ2n) is 3.72. The molecule has 0 radical (unpaired) electrons. The topological polar surface area (TPSA) is 46.2 Å². The summed E-state index contributed by atoms with van der Waals surface area (Å²) in [7, 11) is 0. The fraction of sp³-hybridized carbons (Fsp3) is 0.333. The maximum atomic E-state index is 14.0. The zero-order valence-electron chi connectivity index (χ0n) is 9.08. The number of hydrogen-bond donors (Lipinski definition) is 2. The fourth-order valence-electron chi connectivity index (χ4n) is 1.48. The lowest BCUT2D eigenvalue weighted by Crippen LogP contribution is -2.24. The quantitative estimate of drug-likeness (QED) is 0.774. The number of rotatable bonds is 4. The summed E-state index contributed by atoms with van der Waals surface area (Å²) in [5.74, 6) is -0.728. The Morgan fingerprint density at radius 3 is 2.69 bits per heavy atom. The van der Waals surface area contributed by atoms with Crippen molar-refractivity contribution in [3.05, 3.63) is 47.8 Å². The van der Waals surface area contributed by atoms with Crippen molar-refractivity contribution in [3.8, 4) is 0 Å². The van der Waals surface area contributed by atoms with Crippen molar-refractivity contribution in [1.82, 2.24) is 0 Å². The molecule has 3 N–H and O–H groups in total. The average Bonchev–Trinajstić information content (AvgIpc) is 2.28. The van der Waals surface area contributed by atoms with Crippen molar-refractivity contribution in [1.29, 1.82) is 0 Å². The Morgan fingerprint density at radius 2 is 2.25 bits per heavy atom. The predicted molar refractivity (Wildman–Crippen MR) is 59.1 cm³/mol. The second-order valence-corrected chi connectivity index (χ2v) is 3.72. The molecule has 0 spiro atoms. The van der Waals surface area contributed by atoms with E-state index >= 15 is 0 Å². The molecule has 2 atom stereocenters. The minimum atomic E-state index is -2.27. The van der Waals surface area contributed by atoms with Gasteiger partial charge in [0, 0.05) is 17.2 Å². The molecule has 0 saturated heterocycles. The molecule has 0 heterocycles. The molecule has 0 aliphatic rings. The summed E-state index contributed by atoms with van der Waals surface area (Å²) >= 11 is 0. The molecule has 0 unspecified atom stereocenters. The first-order valence-corrected chi connectivity index (χ1v) is 4.94. The van der Waals surface area contributed by atoms with Gasteiger partial charge in [0.15, 0.2) is 5.67 Å². The number of alkyl halides is 1. The third-order valence-corrected chi connectivity index (χ3v) is 2.52. The maximum absolute atomic E-state index is 14.0. The van der Waals surface area contributed by atoms with Gasteiger partial charge in [-0.2, -0.15) is 0 Å². The predicted octanol–water partition coefficient (Wildman–Crippen LogP) is 2.19. The van der Waals surface area contributed by atoms with Gasteiger partial charge in [-0.25, -0.2) is 8.78 Å². The van der Waals surface area contributed by atoms with Crippen LogP contribution in [0.1, 0.15) is 24.1 Å². The van der Waals surface area contributed by atoms with Crippen molar-refractivity contribution < 1.29 is 13.9 Å². The molecule has 88 valence electrons. The minimum absolute atomic E-state index is 0.217. The van der Waals surface area contributed by atoms with Gasteiger partial charge in [0.2, 0.25) is 0 Å². The molecule has 0 saturated carbocycles. The highest BCUT2D eigenvalue weighted by molar-refractivity contribution is 5.34. The zero-order chi connectivity index (χ0) is 12.3. The van der Waals surface area contributed by atoms with Crippen LogP contribution in [0.4, 0.5) is 8.78 Å². The summed E-state index contributed by atoms with van der Waals surface area (Å²) in [4.78, 5) is 0. The molecule has 2 nitrogen and oxygen atoms in total. The van der Waals surface area contributed by atoms with Crippen molar-refractivity contribution in [2.24, 2.45) is 5.73 Å². The Hall–Kier alpha value is -1.26. The molecule has 0 bridgehead atoms. The van der Waals surface area contributed by atoms with Crippen molar-refractivity contribution >= 4 is 0 Å². The molecule has 1 rings (SSSR count). The number of aliphatic hydroxyl groups is 1. The number of halogens is 2. The summed E-state index contributed by atoms with van der Waals surface area (Å²) in [6.07, 6.45) is 0.885. The Morgan fingerprint density at radius 1 is 1.62 bits per heavy atom. The third-order valence-electron chi connectivity index (χ3n) is 2.52. The van der Waals surface area contributed by atoms with Crippen LogP contribution in [0.3, 0.4) is 0 Å². The maximum Gasteiger partial charge on any atom is 0.179 e. The molecule has 0 aliphatic heterocycles. The van der Waals surface area contributed by atoms with Gasteiger partial charge in [-0.05, 0) is 13.0 Å². The van der Waals surface area contributed by atoms with E-state index in [0.717, 1.165) is 6.08 Å². The Balaban J connectivity index is 3.35. The van der Waals surface area contributed by atoms with Crippen molar-refractivity contribution in [2.45, 2.75) is 18.6 Å². The van der Waals surface area contributed by atoms with E-state index in [-0.39, 0.29) is 11.1 Å². The Kier molecular flexibility index (Phi) is 3.78. The molecule has 0 amide bonds. The first kappa shape index (κ1) is 12.8. The van der Waals surface area contributed by atoms with E-state index < -0.39 is 24.1 Å². The van der Waals surface area contributed by atoms with Crippen LogP contribution in [0, 0.1) is 5.82 Å². The zero-order valence-corrected chi connectivity index (χ0v) is 9.08. The fourth-order valence-corrected chi connectivity index (χ4v) is 1.48. The molecule has 1 aromatic carbocycles. The lowest BCUT2D eigenvalue weighted by molar-refractivity contribution is 0.110. The van der Waals surface area contributed by atoms with Crippen molar-refractivity contribution in [2.75, 3.05) is 6.61 Å². The lowest BCUT2D eigenvalue weighted by atomic mass is 9.93. The van der Waals surface area contributed by atoms with E-state index in [0.29, 0.717) is 0 Å². The molecular weight excluding hydrogens is 212 g/mol. The second kappa shape index (κ2) is 4.72.